The molecule has 0 aliphatic heterocycles. The van der Waals surface area contributed by atoms with Crippen LogP contribution in [-0.4, -0.2) is 9.97 Å². The lowest BCUT2D eigenvalue weighted by atomic mass is 9.98. The van der Waals surface area contributed by atoms with Crippen LogP contribution in [0, 0.1) is 0 Å². The summed E-state index contributed by atoms with van der Waals surface area (Å²) >= 11 is 0. The number of rotatable bonds is 2. The van der Waals surface area contributed by atoms with E-state index in [0.717, 1.165) is 17.7 Å². The number of nitrogens with zero attached hydrogens (tertiary/aromatic N) is 2. The minimum atomic E-state index is -4.40. The van der Waals surface area contributed by atoms with Crippen molar-refractivity contribution in [3.8, 4) is 22.5 Å². The van der Waals surface area contributed by atoms with Crippen LogP contribution in [0.1, 0.15) is 5.56 Å². The topological polar surface area (TPSA) is 25.8 Å². The molecule has 0 aliphatic rings. The van der Waals surface area contributed by atoms with Gasteiger partial charge in [0.1, 0.15) is 0 Å². The van der Waals surface area contributed by atoms with Crippen LogP contribution in [0.5, 0.6) is 0 Å². The molecule has 0 saturated carbocycles. The van der Waals surface area contributed by atoms with E-state index in [2.05, 4.69) is 9.97 Å². The van der Waals surface area contributed by atoms with Gasteiger partial charge in [-0.05, 0) is 47.5 Å². The lowest BCUT2D eigenvalue weighted by Crippen LogP contribution is -2.04. The smallest absolute Gasteiger partial charge is 0.255 e. The lowest BCUT2D eigenvalue weighted by molar-refractivity contribution is -0.137. The summed E-state index contributed by atoms with van der Waals surface area (Å²) in [6.45, 7) is 0. The molecule has 0 unspecified atom stereocenters. The number of hydrogen-bond donors (Lipinski definition) is 0. The lowest BCUT2D eigenvalue weighted by Gasteiger charge is -2.13. The van der Waals surface area contributed by atoms with Crippen molar-refractivity contribution in [2.75, 3.05) is 0 Å². The van der Waals surface area contributed by atoms with Crippen molar-refractivity contribution in [2.24, 2.45) is 0 Å². The molecule has 0 amide bonds. The van der Waals surface area contributed by atoms with E-state index in [1.807, 2.05) is 42.5 Å². The maximum atomic E-state index is 13.2. The maximum Gasteiger partial charge on any atom is 0.416 e. The van der Waals surface area contributed by atoms with Crippen molar-refractivity contribution in [1.82, 2.24) is 9.97 Å². The largest absolute Gasteiger partial charge is 0.416 e. The standard InChI is InChI=1S/C21H13F3N2/c22-21(23,24)15-9-10-18-17(12-15)16(14-6-2-1-3-7-14)13-20(26-18)19-8-4-5-11-25-19/h1-13H. The molecule has 0 saturated heterocycles. The zero-order valence-electron chi connectivity index (χ0n) is 13.5. The summed E-state index contributed by atoms with van der Waals surface area (Å²) in [7, 11) is 0. The summed E-state index contributed by atoms with van der Waals surface area (Å²) in [6.07, 6.45) is -2.74. The minimum Gasteiger partial charge on any atom is -0.255 e. The number of halogens is 3. The van der Waals surface area contributed by atoms with E-state index in [4.69, 9.17) is 0 Å². The van der Waals surface area contributed by atoms with Gasteiger partial charge >= 0.3 is 6.18 Å². The Bertz CT molecular complexity index is 1060. The van der Waals surface area contributed by atoms with E-state index in [0.29, 0.717) is 27.9 Å². The average molecular weight is 350 g/mol. The summed E-state index contributed by atoms with van der Waals surface area (Å²) in [4.78, 5) is 8.83. The van der Waals surface area contributed by atoms with Crippen LogP contribution >= 0.6 is 0 Å². The van der Waals surface area contributed by atoms with Crippen LogP contribution in [-0.2, 0) is 6.18 Å². The molecule has 0 aliphatic carbocycles. The van der Waals surface area contributed by atoms with Crippen molar-refractivity contribution in [2.45, 2.75) is 6.18 Å². The second-order valence-electron chi connectivity index (χ2n) is 5.87. The Morgan fingerprint density at radius 1 is 0.731 bits per heavy atom. The monoisotopic (exact) mass is 350 g/mol. The molecule has 4 aromatic rings. The molecule has 5 heteroatoms. The van der Waals surface area contributed by atoms with Crippen molar-refractivity contribution < 1.29 is 13.2 Å². The van der Waals surface area contributed by atoms with Crippen LogP contribution in [0.25, 0.3) is 33.4 Å². The minimum absolute atomic E-state index is 0.464. The first-order valence-corrected chi connectivity index (χ1v) is 8.01. The number of hydrogen-bond acceptors (Lipinski definition) is 2. The molecule has 0 bridgehead atoms. The van der Waals surface area contributed by atoms with Gasteiger partial charge < -0.3 is 0 Å². The predicted molar refractivity (Wildman–Crippen MR) is 95.4 cm³/mol. The van der Waals surface area contributed by atoms with Gasteiger partial charge in [0.15, 0.2) is 0 Å². The highest BCUT2D eigenvalue weighted by Crippen LogP contribution is 2.36. The van der Waals surface area contributed by atoms with Crippen molar-refractivity contribution in [3.05, 3.63) is 84.6 Å². The zero-order valence-corrected chi connectivity index (χ0v) is 13.5. The van der Waals surface area contributed by atoms with E-state index in [9.17, 15) is 13.2 Å². The highest BCUT2D eigenvalue weighted by Gasteiger charge is 2.30. The van der Waals surface area contributed by atoms with E-state index in [1.54, 1.807) is 18.3 Å². The molecule has 2 aromatic carbocycles. The number of benzene rings is 2. The Hall–Kier alpha value is -3.21. The van der Waals surface area contributed by atoms with Crippen LogP contribution < -0.4 is 0 Å². The predicted octanol–water partition coefficient (Wildman–Crippen LogP) is 5.98. The quantitative estimate of drug-likeness (QED) is 0.444. The molecular weight excluding hydrogens is 337 g/mol. The fraction of sp³-hybridized carbons (Fsp3) is 0.0476. The second-order valence-corrected chi connectivity index (χ2v) is 5.87. The Balaban J connectivity index is 2.02. The third-order valence-electron chi connectivity index (χ3n) is 4.15. The molecule has 26 heavy (non-hydrogen) atoms. The first kappa shape index (κ1) is 16.3. The number of alkyl halides is 3. The normalized spacial score (nSPS) is 11.7. The number of aromatic nitrogens is 2. The van der Waals surface area contributed by atoms with Crippen LogP contribution in [0.15, 0.2) is 79.0 Å². The average Bonchev–Trinajstić information content (AvgIpc) is 2.67. The van der Waals surface area contributed by atoms with Crippen molar-refractivity contribution in [3.63, 3.8) is 0 Å². The second kappa shape index (κ2) is 6.26. The van der Waals surface area contributed by atoms with Gasteiger partial charge in [-0.2, -0.15) is 13.2 Å². The van der Waals surface area contributed by atoms with Crippen LogP contribution in [0.3, 0.4) is 0 Å². The molecule has 0 radical (unpaired) electrons. The Morgan fingerprint density at radius 3 is 2.19 bits per heavy atom. The number of pyridine rings is 2. The van der Waals surface area contributed by atoms with Gasteiger partial charge in [0.2, 0.25) is 0 Å². The van der Waals surface area contributed by atoms with Gasteiger partial charge in [-0.15, -0.1) is 0 Å². The summed E-state index contributed by atoms with van der Waals surface area (Å²) in [5.74, 6) is 0. The van der Waals surface area contributed by atoms with E-state index >= 15 is 0 Å². The zero-order chi connectivity index (χ0) is 18.1. The Kier molecular flexibility index (Phi) is 3.92. The summed E-state index contributed by atoms with van der Waals surface area (Å²) < 4.78 is 39.5. The van der Waals surface area contributed by atoms with Gasteiger partial charge in [-0.1, -0.05) is 36.4 Å². The van der Waals surface area contributed by atoms with Gasteiger partial charge in [0.25, 0.3) is 0 Å². The number of fused-ring (bicyclic) bond motifs is 1. The molecule has 2 heterocycles. The summed E-state index contributed by atoms with van der Waals surface area (Å²) in [5.41, 5.74) is 2.64. The summed E-state index contributed by atoms with van der Waals surface area (Å²) in [6, 6.07) is 20.2. The van der Waals surface area contributed by atoms with Crippen LogP contribution in [0.2, 0.25) is 0 Å². The van der Waals surface area contributed by atoms with Crippen LogP contribution in [0.4, 0.5) is 13.2 Å². The fourth-order valence-corrected chi connectivity index (χ4v) is 2.90. The summed E-state index contributed by atoms with van der Waals surface area (Å²) in [5, 5.41) is 0.464. The van der Waals surface area contributed by atoms with Crippen molar-refractivity contribution >= 4 is 10.9 Å². The molecule has 128 valence electrons. The van der Waals surface area contributed by atoms with Crippen molar-refractivity contribution in [1.29, 1.82) is 0 Å². The molecule has 0 N–H and O–H groups in total. The molecule has 0 atom stereocenters. The van der Waals surface area contributed by atoms with Gasteiger partial charge in [-0.3, -0.25) is 4.98 Å². The van der Waals surface area contributed by atoms with Gasteiger partial charge in [0.05, 0.1) is 22.5 Å². The molecule has 2 aromatic heterocycles. The SMILES string of the molecule is FC(F)(F)c1ccc2nc(-c3ccccn3)cc(-c3ccccc3)c2c1. The molecule has 0 spiro atoms. The third kappa shape index (κ3) is 3.04. The maximum absolute atomic E-state index is 13.2. The molecular formula is C21H13F3N2. The Morgan fingerprint density at radius 2 is 1.50 bits per heavy atom. The molecule has 4 rings (SSSR count). The first-order chi connectivity index (χ1) is 12.5. The Labute approximate surface area is 148 Å². The molecule has 0 fully saturated rings. The van der Waals surface area contributed by atoms with E-state index < -0.39 is 11.7 Å². The highest BCUT2D eigenvalue weighted by molar-refractivity contribution is 5.97. The van der Waals surface area contributed by atoms with E-state index in [-0.39, 0.29) is 0 Å². The first-order valence-electron chi connectivity index (χ1n) is 8.01. The molecule has 2 nitrogen and oxygen atoms in total. The fourth-order valence-electron chi connectivity index (χ4n) is 2.90. The van der Waals surface area contributed by atoms with Gasteiger partial charge in [-0.25, -0.2) is 4.98 Å². The van der Waals surface area contributed by atoms with Gasteiger partial charge in [0, 0.05) is 11.6 Å². The van der Waals surface area contributed by atoms with E-state index in [1.165, 1.54) is 6.07 Å². The third-order valence-corrected chi connectivity index (χ3v) is 4.15. The highest BCUT2D eigenvalue weighted by atomic mass is 19.4.